The summed E-state index contributed by atoms with van der Waals surface area (Å²) in [5.41, 5.74) is -1.77. The fraction of sp³-hybridized carbons (Fsp3) is 0.867. The fourth-order valence-corrected chi connectivity index (χ4v) is 7.83. The number of nitrogens with zero attached hydrogens (tertiary/aromatic N) is 6. The first-order valence-corrected chi connectivity index (χ1v) is 24.3. The number of nitrogens with one attached hydrogen (secondary N) is 3. The zero-order valence-electron chi connectivity index (χ0n) is 39.4. The fourth-order valence-electron chi connectivity index (χ4n) is 7.83. The molecule has 0 radical (unpaired) electrons. The molecule has 1 aromatic heterocycles. The molecule has 0 aromatic carbocycles. The second kappa shape index (κ2) is 27.4. The van der Waals surface area contributed by atoms with E-state index in [1.807, 2.05) is 20.8 Å². The van der Waals surface area contributed by atoms with Gasteiger partial charge in [0.05, 0.1) is 0 Å². The van der Waals surface area contributed by atoms with E-state index >= 15 is 0 Å². The predicted molar refractivity (Wildman–Crippen MR) is 243 cm³/mol. The number of amides is 3. The largest absolute Gasteiger partial charge is 0.445 e. The highest BCUT2D eigenvalue weighted by molar-refractivity contribution is 5.68. The van der Waals surface area contributed by atoms with Crippen LogP contribution in [0.3, 0.4) is 0 Å². The normalized spacial score (nSPS) is 22.4. The highest BCUT2D eigenvalue weighted by Gasteiger charge is 2.33. The van der Waals surface area contributed by atoms with Gasteiger partial charge in [-0.05, 0) is 78.6 Å². The van der Waals surface area contributed by atoms with Crippen molar-refractivity contribution in [3.63, 3.8) is 0 Å². The summed E-state index contributed by atoms with van der Waals surface area (Å²) in [5.74, 6) is 0. The molecule has 3 N–H and O–H groups in total. The highest BCUT2D eigenvalue weighted by Crippen LogP contribution is 2.20. The molecule has 4 rings (SSSR count). The van der Waals surface area contributed by atoms with E-state index < -0.39 is 35.3 Å². The standard InChI is InChI=1S/C45H81N9O9/c1-7-37(31-49-28-34(49)4)61-40(55)46-22-16-10-13-19-25-52-43(58)53(26-20-14-11-17-23-47-41(56)62-38(8-2)32-50-29-35(50)5)45(60)54(44(52)59)27-21-15-12-18-24-48-42(57)63-39(9-3)33-51-30-36(51)6/h34-39H,7-33H2,1-6H3,(H,46,55)(H,47,56)(H,48,57). The minimum absolute atomic E-state index is 0.129. The van der Waals surface area contributed by atoms with Crippen LogP contribution in [0.1, 0.15) is 138 Å². The van der Waals surface area contributed by atoms with Crippen molar-refractivity contribution in [2.75, 3.05) is 58.9 Å². The zero-order valence-corrected chi connectivity index (χ0v) is 39.4. The van der Waals surface area contributed by atoms with E-state index in [0.29, 0.717) is 57.0 Å². The number of aromatic nitrogens is 3. The number of rotatable bonds is 33. The van der Waals surface area contributed by atoms with Gasteiger partial charge in [-0.3, -0.25) is 14.7 Å². The molecule has 3 aliphatic heterocycles. The Morgan fingerprint density at radius 1 is 0.460 bits per heavy atom. The van der Waals surface area contributed by atoms with Crippen molar-refractivity contribution in [3.8, 4) is 0 Å². The molecule has 0 saturated carbocycles. The molecular formula is C45H81N9O9. The molecule has 0 aliphatic carbocycles. The Bertz CT molecular complexity index is 1510. The number of ether oxygens (including phenoxy) is 3. The van der Waals surface area contributed by atoms with Gasteiger partial charge < -0.3 is 30.2 Å². The lowest BCUT2D eigenvalue weighted by Gasteiger charge is -2.17. The SMILES string of the molecule is CCC(CN1CC1C)OC(=O)NCCCCCCn1c(=O)n(CCCCCCNC(=O)OC(CC)CN2CC2C)c(=O)n(CCCCCCNC(=O)OC(CC)CN2CC2C)c1=O. The minimum Gasteiger partial charge on any atom is -0.445 e. The van der Waals surface area contributed by atoms with Gasteiger partial charge in [-0.1, -0.05) is 59.3 Å². The number of unbranched alkanes of at least 4 members (excludes halogenated alkanes) is 9. The molecule has 9 atom stereocenters. The number of hydrogen-bond donors (Lipinski definition) is 3. The molecule has 0 spiro atoms. The van der Waals surface area contributed by atoms with Crippen LogP contribution in [-0.2, 0) is 33.8 Å². The number of alkyl carbamates (subject to hydrolysis) is 3. The molecule has 63 heavy (non-hydrogen) atoms. The molecule has 1 aromatic rings. The molecule has 3 saturated heterocycles. The zero-order chi connectivity index (χ0) is 45.7. The van der Waals surface area contributed by atoms with Crippen LogP contribution >= 0.6 is 0 Å². The average Bonchev–Trinajstić information content (AvgIpc) is 4.23. The number of carbonyl (C=O) groups is 3. The van der Waals surface area contributed by atoms with E-state index in [9.17, 15) is 28.8 Å². The minimum atomic E-state index is -0.591. The molecule has 360 valence electrons. The van der Waals surface area contributed by atoms with Gasteiger partial charge in [0, 0.05) is 96.7 Å². The Kier molecular flexibility index (Phi) is 22.5. The van der Waals surface area contributed by atoms with E-state index in [1.54, 1.807) is 0 Å². The Morgan fingerprint density at radius 2 is 0.698 bits per heavy atom. The maximum absolute atomic E-state index is 13.6. The third kappa shape index (κ3) is 19.0. The summed E-state index contributed by atoms with van der Waals surface area (Å²) in [5, 5.41) is 8.52. The Labute approximate surface area is 374 Å². The van der Waals surface area contributed by atoms with Crippen LogP contribution in [0.2, 0.25) is 0 Å². The average molecular weight is 892 g/mol. The van der Waals surface area contributed by atoms with Crippen LogP contribution in [-0.4, -0.2) is 142 Å². The Balaban J connectivity index is 1.21. The van der Waals surface area contributed by atoms with E-state index in [1.165, 1.54) is 13.7 Å². The first kappa shape index (κ1) is 51.7. The molecule has 18 nitrogen and oxygen atoms in total. The van der Waals surface area contributed by atoms with Crippen LogP contribution < -0.4 is 33.0 Å². The third-order valence-corrected chi connectivity index (χ3v) is 12.6. The van der Waals surface area contributed by atoms with Gasteiger partial charge in [-0.25, -0.2) is 42.5 Å². The third-order valence-electron chi connectivity index (χ3n) is 12.6. The van der Waals surface area contributed by atoms with Crippen LogP contribution in [0, 0.1) is 0 Å². The van der Waals surface area contributed by atoms with Crippen molar-refractivity contribution in [1.82, 2.24) is 44.4 Å². The van der Waals surface area contributed by atoms with Crippen molar-refractivity contribution in [1.29, 1.82) is 0 Å². The molecule has 0 bridgehead atoms. The highest BCUT2D eigenvalue weighted by atomic mass is 16.6. The van der Waals surface area contributed by atoms with Crippen LogP contribution in [0.5, 0.6) is 0 Å². The number of carbonyl (C=O) groups excluding carboxylic acids is 3. The Hall–Kier alpha value is -3.90. The van der Waals surface area contributed by atoms with Crippen molar-refractivity contribution in [2.45, 2.75) is 194 Å². The van der Waals surface area contributed by atoms with Gasteiger partial charge in [0.15, 0.2) is 0 Å². The van der Waals surface area contributed by atoms with E-state index in [4.69, 9.17) is 14.2 Å². The second-order valence-electron chi connectivity index (χ2n) is 18.0. The van der Waals surface area contributed by atoms with E-state index in [-0.39, 0.29) is 37.9 Å². The topological polar surface area (TPSA) is 190 Å². The maximum atomic E-state index is 13.6. The lowest BCUT2D eigenvalue weighted by molar-refractivity contribution is 0.0845. The molecule has 4 heterocycles. The summed E-state index contributed by atoms with van der Waals surface area (Å²) in [6.45, 7) is 19.9. The quantitative estimate of drug-likeness (QED) is 0.0511. The van der Waals surface area contributed by atoms with E-state index in [0.717, 1.165) is 116 Å². The summed E-state index contributed by atoms with van der Waals surface area (Å²) in [6, 6.07) is 1.66. The second-order valence-corrected chi connectivity index (χ2v) is 18.0. The first-order valence-electron chi connectivity index (χ1n) is 24.3. The molecule has 3 aliphatic rings. The summed E-state index contributed by atoms with van der Waals surface area (Å²) in [6.07, 6.45) is 9.16. The van der Waals surface area contributed by atoms with Crippen LogP contribution in [0.15, 0.2) is 14.4 Å². The summed E-state index contributed by atoms with van der Waals surface area (Å²) in [4.78, 5) is 84.7. The van der Waals surface area contributed by atoms with Crippen molar-refractivity contribution in [2.24, 2.45) is 0 Å². The first-order chi connectivity index (χ1) is 30.3. The number of hydrogen-bond acceptors (Lipinski definition) is 12. The van der Waals surface area contributed by atoms with Gasteiger partial charge in [-0.2, -0.15) is 0 Å². The van der Waals surface area contributed by atoms with Gasteiger partial charge in [0.1, 0.15) is 18.3 Å². The summed E-state index contributed by atoms with van der Waals surface area (Å²) in [7, 11) is 0. The van der Waals surface area contributed by atoms with Crippen molar-refractivity contribution < 1.29 is 28.6 Å². The molecule has 3 amide bonds. The lowest BCUT2D eigenvalue weighted by atomic mass is 10.2. The monoisotopic (exact) mass is 892 g/mol. The summed E-state index contributed by atoms with van der Waals surface area (Å²) >= 11 is 0. The molecule has 9 unspecified atom stereocenters. The Morgan fingerprint density at radius 3 is 0.921 bits per heavy atom. The van der Waals surface area contributed by atoms with Gasteiger partial charge in [0.2, 0.25) is 0 Å². The van der Waals surface area contributed by atoms with Gasteiger partial charge in [0.25, 0.3) is 0 Å². The maximum Gasteiger partial charge on any atom is 0.407 e. The predicted octanol–water partition coefficient (Wildman–Crippen LogP) is 4.48. The van der Waals surface area contributed by atoms with Crippen molar-refractivity contribution >= 4 is 18.3 Å². The molecule has 18 heteroatoms. The van der Waals surface area contributed by atoms with Crippen LogP contribution in [0.25, 0.3) is 0 Å². The van der Waals surface area contributed by atoms with Crippen LogP contribution in [0.4, 0.5) is 14.4 Å². The summed E-state index contributed by atoms with van der Waals surface area (Å²) < 4.78 is 20.3. The molecule has 3 fully saturated rings. The van der Waals surface area contributed by atoms with Gasteiger partial charge >= 0.3 is 35.3 Å². The van der Waals surface area contributed by atoms with E-state index in [2.05, 4.69) is 51.4 Å². The van der Waals surface area contributed by atoms with Gasteiger partial charge in [-0.15, -0.1) is 0 Å². The lowest BCUT2D eigenvalue weighted by Crippen LogP contribution is -2.54. The smallest absolute Gasteiger partial charge is 0.407 e. The molecular weight excluding hydrogens is 811 g/mol. The van der Waals surface area contributed by atoms with Crippen molar-refractivity contribution in [3.05, 3.63) is 31.5 Å².